The Morgan fingerprint density at radius 1 is 1.23 bits per heavy atom. The summed E-state index contributed by atoms with van der Waals surface area (Å²) in [4.78, 5) is 0. The third-order valence-corrected chi connectivity index (χ3v) is 0.904. The summed E-state index contributed by atoms with van der Waals surface area (Å²) in [6.45, 7) is 14.4. The van der Waals surface area contributed by atoms with Crippen LogP contribution < -0.4 is 5.73 Å². The van der Waals surface area contributed by atoms with Crippen LogP contribution in [-0.4, -0.2) is 6.54 Å². The molecule has 0 radical (unpaired) electrons. The summed E-state index contributed by atoms with van der Waals surface area (Å²) in [5.74, 6) is 0. The van der Waals surface area contributed by atoms with Crippen molar-refractivity contribution in [1.29, 1.82) is 0 Å². The van der Waals surface area contributed by atoms with Crippen molar-refractivity contribution >= 4 is 0 Å². The van der Waals surface area contributed by atoms with Gasteiger partial charge in [0.25, 0.3) is 0 Å². The van der Waals surface area contributed by atoms with Crippen LogP contribution in [0.5, 0.6) is 0 Å². The van der Waals surface area contributed by atoms with E-state index in [1.54, 1.807) is 0 Å². The van der Waals surface area contributed by atoms with Gasteiger partial charge >= 0.3 is 0 Å². The molecule has 0 saturated carbocycles. The topological polar surface area (TPSA) is 26.0 Å². The molecule has 0 unspecified atom stereocenters. The maximum Gasteiger partial charge on any atom is -0.00402 e. The Bertz CT molecular complexity index is 89.3. The average Bonchev–Trinajstić information content (AvgIpc) is 2.08. The number of hydrogen-bond acceptors (Lipinski definition) is 1. The molecule has 0 saturated heterocycles. The Morgan fingerprint density at radius 3 is 1.54 bits per heavy atom. The summed E-state index contributed by atoms with van der Waals surface area (Å²) in [5, 5.41) is 0. The highest BCUT2D eigenvalue weighted by molar-refractivity contribution is 4.87. The monoisotopic (exact) mass is 187 g/mol. The standard InChI is InChI=1S/C5H11N.C4H8.C2H6.CH4/c1-5(2)3-4-6;1-3-4-2;1-2;/h1,3-4,6H2,2H3;3-4H,1-2H3;1-2H3;1H4/b;4-3-;;. The maximum atomic E-state index is 5.17. The molecule has 0 bridgehead atoms. The van der Waals surface area contributed by atoms with Gasteiger partial charge in [0, 0.05) is 0 Å². The Hall–Kier alpha value is -0.560. The van der Waals surface area contributed by atoms with E-state index in [9.17, 15) is 0 Å². The van der Waals surface area contributed by atoms with Crippen LogP contribution in [0.4, 0.5) is 0 Å². The lowest BCUT2D eigenvalue weighted by molar-refractivity contribution is 0.955. The van der Waals surface area contributed by atoms with E-state index in [1.807, 2.05) is 46.8 Å². The van der Waals surface area contributed by atoms with E-state index < -0.39 is 0 Å². The molecule has 0 aliphatic carbocycles. The predicted molar refractivity (Wildman–Crippen MR) is 67.1 cm³/mol. The summed E-state index contributed by atoms with van der Waals surface area (Å²) < 4.78 is 0. The molecule has 0 aliphatic heterocycles. The number of nitrogens with two attached hydrogens (primary N) is 1. The van der Waals surface area contributed by atoms with Crippen LogP contribution in [0.3, 0.4) is 0 Å². The van der Waals surface area contributed by atoms with Gasteiger partial charge in [0.15, 0.2) is 0 Å². The van der Waals surface area contributed by atoms with Crippen molar-refractivity contribution < 1.29 is 0 Å². The molecule has 13 heavy (non-hydrogen) atoms. The summed E-state index contributed by atoms with van der Waals surface area (Å²) >= 11 is 0. The Balaban J connectivity index is -0.0000000512. The minimum absolute atomic E-state index is 0. The van der Waals surface area contributed by atoms with E-state index in [-0.39, 0.29) is 7.43 Å². The average molecular weight is 187 g/mol. The van der Waals surface area contributed by atoms with Crippen molar-refractivity contribution in [1.82, 2.24) is 0 Å². The van der Waals surface area contributed by atoms with Crippen LogP contribution >= 0.6 is 0 Å². The fourth-order valence-corrected chi connectivity index (χ4v) is 0.246. The van der Waals surface area contributed by atoms with Crippen LogP contribution in [0.2, 0.25) is 0 Å². The molecule has 0 aromatic rings. The summed E-state index contributed by atoms with van der Waals surface area (Å²) in [5.41, 5.74) is 6.33. The molecule has 1 nitrogen and oxygen atoms in total. The van der Waals surface area contributed by atoms with Crippen LogP contribution in [0.15, 0.2) is 24.3 Å². The van der Waals surface area contributed by atoms with Gasteiger partial charge < -0.3 is 5.73 Å². The molecule has 2 N–H and O–H groups in total. The first-order chi connectivity index (χ1) is 5.68. The first-order valence-corrected chi connectivity index (χ1v) is 4.60. The second-order valence-corrected chi connectivity index (χ2v) is 2.16. The molecule has 0 heterocycles. The lowest BCUT2D eigenvalue weighted by Crippen LogP contribution is -1.97. The van der Waals surface area contributed by atoms with Gasteiger partial charge in [-0.25, -0.2) is 0 Å². The first kappa shape index (κ1) is 22.9. The van der Waals surface area contributed by atoms with Crippen LogP contribution in [0.1, 0.15) is 48.5 Å². The lowest BCUT2D eigenvalue weighted by atomic mass is 10.2. The molecule has 0 atom stereocenters. The number of hydrogen-bond donors (Lipinski definition) is 1. The second kappa shape index (κ2) is 30.1. The molecule has 82 valence electrons. The first-order valence-electron chi connectivity index (χ1n) is 4.60. The number of rotatable bonds is 2. The molecular weight excluding hydrogens is 158 g/mol. The Labute approximate surface area is 85.7 Å². The molecule has 0 amide bonds. The smallest absolute Gasteiger partial charge is 0.00402 e. The molecule has 0 aromatic carbocycles. The zero-order valence-corrected chi connectivity index (χ0v) is 9.35. The van der Waals surface area contributed by atoms with Gasteiger partial charge in [0.05, 0.1) is 0 Å². The van der Waals surface area contributed by atoms with Crippen molar-refractivity contribution in [2.24, 2.45) is 5.73 Å². The molecule has 0 spiro atoms. The third-order valence-electron chi connectivity index (χ3n) is 0.904. The predicted octanol–water partition coefficient (Wildman–Crippen LogP) is 4.16. The van der Waals surface area contributed by atoms with E-state index >= 15 is 0 Å². The van der Waals surface area contributed by atoms with Gasteiger partial charge in [-0.1, -0.05) is 39.0 Å². The van der Waals surface area contributed by atoms with Crippen LogP contribution in [0.25, 0.3) is 0 Å². The molecule has 0 fully saturated rings. The van der Waals surface area contributed by atoms with Crippen molar-refractivity contribution in [3.8, 4) is 0 Å². The molecule has 1 heteroatoms. The van der Waals surface area contributed by atoms with E-state index in [1.165, 1.54) is 0 Å². The van der Waals surface area contributed by atoms with E-state index in [4.69, 9.17) is 5.73 Å². The Morgan fingerprint density at radius 2 is 1.54 bits per heavy atom. The normalized spacial score (nSPS) is 7.23. The largest absolute Gasteiger partial charge is 0.330 e. The van der Waals surface area contributed by atoms with Gasteiger partial charge in [0.1, 0.15) is 0 Å². The van der Waals surface area contributed by atoms with Gasteiger partial charge in [-0.2, -0.15) is 0 Å². The summed E-state index contributed by atoms with van der Waals surface area (Å²) in [6.07, 6.45) is 4.96. The minimum Gasteiger partial charge on any atom is -0.330 e. The minimum atomic E-state index is 0. The SMILES string of the molecule is C.C/C=C\C.C=C(C)CCN.CC. The van der Waals surface area contributed by atoms with Gasteiger partial charge in [0.2, 0.25) is 0 Å². The highest BCUT2D eigenvalue weighted by atomic mass is 14.5. The van der Waals surface area contributed by atoms with Crippen LogP contribution in [-0.2, 0) is 0 Å². The van der Waals surface area contributed by atoms with E-state index in [0.29, 0.717) is 0 Å². The van der Waals surface area contributed by atoms with E-state index in [0.717, 1.165) is 18.5 Å². The summed E-state index contributed by atoms with van der Waals surface area (Å²) in [6, 6.07) is 0. The third kappa shape index (κ3) is 86.1. The summed E-state index contributed by atoms with van der Waals surface area (Å²) in [7, 11) is 0. The van der Waals surface area contributed by atoms with Gasteiger partial charge in [-0.3, -0.25) is 0 Å². The van der Waals surface area contributed by atoms with E-state index in [2.05, 4.69) is 6.58 Å². The Kier molecular flexibility index (Phi) is 52.9. The molecular formula is C12H29N. The quantitative estimate of drug-likeness (QED) is 0.646. The second-order valence-electron chi connectivity index (χ2n) is 2.16. The van der Waals surface area contributed by atoms with Gasteiger partial charge in [-0.15, -0.1) is 6.58 Å². The number of allylic oxidation sites excluding steroid dienone is 2. The highest BCUT2D eigenvalue weighted by Crippen LogP contribution is 1.88. The zero-order valence-electron chi connectivity index (χ0n) is 9.35. The zero-order chi connectivity index (χ0) is 10.4. The van der Waals surface area contributed by atoms with Gasteiger partial charge in [-0.05, 0) is 33.7 Å². The van der Waals surface area contributed by atoms with Crippen molar-refractivity contribution in [3.63, 3.8) is 0 Å². The fraction of sp³-hybridized carbons (Fsp3) is 0.667. The van der Waals surface area contributed by atoms with Crippen molar-refractivity contribution in [2.45, 2.75) is 48.5 Å². The fourth-order valence-electron chi connectivity index (χ4n) is 0.246. The molecule has 0 rings (SSSR count). The lowest BCUT2D eigenvalue weighted by Gasteiger charge is -1.87. The molecule has 0 aliphatic rings. The highest BCUT2D eigenvalue weighted by Gasteiger charge is 1.76. The van der Waals surface area contributed by atoms with Crippen molar-refractivity contribution in [3.05, 3.63) is 24.3 Å². The van der Waals surface area contributed by atoms with Crippen molar-refractivity contribution in [2.75, 3.05) is 6.54 Å². The maximum absolute atomic E-state index is 5.17. The van der Waals surface area contributed by atoms with Crippen LogP contribution in [0, 0.1) is 0 Å². The molecule has 0 aromatic heterocycles.